The third kappa shape index (κ3) is 0.721. The third-order valence-corrected chi connectivity index (χ3v) is 16.0. The number of halogens is 11. The third-order valence-electron chi connectivity index (χ3n) is 6.40. The van der Waals surface area contributed by atoms with Gasteiger partial charge in [-0.2, -0.15) is 0 Å². The average Bonchev–Trinajstić information content (AvgIpc) is 2.59. The van der Waals surface area contributed by atoms with Gasteiger partial charge in [-0.3, -0.25) is 0 Å². The molecule has 6 aliphatic carbocycles. The number of hydrogen-bond acceptors (Lipinski definition) is 0. The molecule has 4 unspecified atom stereocenters. The van der Waals surface area contributed by atoms with E-state index in [2.05, 4.69) is 0 Å². The summed E-state index contributed by atoms with van der Waals surface area (Å²) >= 11 is 73.1. The van der Waals surface area contributed by atoms with Crippen molar-refractivity contribution in [2.75, 3.05) is 0 Å². The second-order valence-corrected chi connectivity index (χ2v) is 13.1. The van der Waals surface area contributed by atoms with Crippen LogP contribution >= 0.6 is 128 Å². The SMILES string of the molecule is ClC12C3(Cl)[C@]4(Cl)C(Cl)(Cl)[C@@]1(Cl)C1C4(Cl)[C@@]3(Cl)C(Cl)(Cl)[C@]12Cl. The first-order valence-electron chi connectivity index (χ1n) is 5.69. The molecule has 0 saturated heterocycles. The van der Waals surface area contributed by atoms with Gasteiger partial charge >= 0.3 is 0 Å². The Hall–Kier alpha value is 3.19. The first-order chi connectivity index (χ1) is 9.12. The lowest BCUT2D eigenvalue weighted by Gasteiger charge is -2.78. The number of alkyl halides is 11. The fourth-order valence-electron chi connectivity index (χ4n) is 5.88. The van der Waals surface area contributed by atoms with Crippen molar-refractivity contribution in [1.29, 1.82) is 0 Å². The minimum absolute atomic E-state index is 0.805. The molecule has 0 N–H and O–H groups in total. The van der Waals surface area contributed by atoms with Crippen LogP contribution in [0.25, 0.3) is 0 Å². The van der Waals surface area contributed by atoms with Crippen LogP contribution in [-0.2, 0) is 0 Å². The summed E-state index contributed by atoms with van der Waals surface area (Å²) in [5, 5.41) is 0. The first kappa shape index (κ1) is 16.4. The fourth-order valence-corrected chi connectivity index (χ4v) is 14.8. The molecule has 0 amide bonds. The van der Waals surface area contributed by atoms with E-state index in [4.69, 9.17) is 128 Å². The Kier molecular flexibility index (Phi) is 2.46. The Morgan fingerprint density at radius 1 is 0.381 bits per heavy atom. The van der Waals surface area contributed by atoms with Crippen molar-refractivity contribution in [3.05, 3.63) is 0 Å². The lowest BCUT2D eigenvalue weighted by molar-refractivity contribution is -0.0200. The second kappa shape index (κ2) is 3.15. The van der Waals surface area contributed by atoms with Crippen LogP contribution in [0.4, 0.5) is 0 Å². The summed E-state index contributed by atoms with van der Waals surface area (Å²) in [6, 6.07) is 0. The summed E-state index contributed by atoms with van der Waals surface area (Å²) in [6.45, 7) is 0. The number of hydrogen-bond donors (Lipinski definition) is 0. The Morgan fingerprint density at radius 3 is 1.05 bits per heavy atom. The molecule has 0 heterocycles. The minimum Gasteiger partial charge on any atom is -0.115 e. The average molecular weight is 511 g/mol. The van der Waals surface area contributed by atoms with E-state index in [1.807, 2.05) is 0 Å². The van der Waals surface area contributed by atoms with Gasteiger partial charge in [0.1, 0.15) is 29.2 Å². The monoisotopic (exact) mass is 506 g/mol. The predicted octanol–water partition coefficient (Wildman–Crippen LogP) is 5.86. The van der Waals surface area contributed by atoms with E-state index in [9.17, 15) is 0 Å². The van der Waals surface area contributed by atoms with Gasteiger partial charge in [0.2, 0.25) is 0 Å². The summed E-state index contributed by atoms with van der Waals surface area (Å²) < 4.78 is -3.50. The van der Waals surface area contributed by atoms with Gasteiger partial charge in [-0.1, -0.05) is 46.4 Å². The minimum atomic E-state index is -1.75. The molecule has 0 aliphatic heterocycles. The molecule has 0 aromatic rings. The highest BCUT2D eigenvalue weighted by atomic mass is 35.5. The zero-order chi connectivity index (χ0) is 16.1. The molecular weight excluding hydrogens is 510 g/mol. The molecule has 0 aromatic heterocycles. The van der Waals surface area contributed by atoms with Crippen LogP contribution in [0.1, 0.15) is 0 Å². The van der Waals surface area contributed by atoms with Crippen LogP contribution in [0, 0.1) is 5.92 Å². The van der Waals surface area contributed by atoms with Gasteiger partial charge in [0.05, 0.1) is 4.87 Å². The van der Waals surface area contributed by atoms with Crippen molar-refractivity contribution in [2.45, 2.75) is 42.8 Å². The van der Waals surface area contributed by atoms with Crippen LogP contribution in [0.15, 0.2) is 0 Å². The van der Waals surface area contributed by atoms with Crippen LogP contribution in [0.5, 0.6) is 0 Å². The largest absolute Gasteiger partial charge is 0.162 e. The Balaban J connectivity index is 2.03. The number of rotatable bonds is 0. The zero-order valence-electron chi connectivity index (χ0n) is 9.23. The van der Waals surface area contributed by atoms with Gasteiger partial charge in [0.25, 0.3) is 0 Å². The Labute approximate surface area is 174 Å². The van der Waals surface area contributed by atoms with Crippen molar-refractivity contribution in [2.24, 2.45) is 5.92 Å². The predicted molar refractivity (Wildman–Crippen MR) is 92.5 cm³/mol. The van der Waals surface area contributed by atoms with Crippen LogP contribution in [0.2, 0.25) is 0 Å². The Bertz CT molecular complexity index is 628. The van der Waals surface area contributed by atoms with Gasteiger partial charge in [-0.15, -0.1) is 81.2 Å². The summed E-state index contributed by atoms with van der Waals surface area (Å²) in [6.07, 6.45) is 0. The van der Waals surface area contributed by atoms with Crippen molar-refractivity contribution in [3.63, 3.8) is 0 Å². The van der Waals surface area contributed by atoms with E-state index in [0.717, 1.165) is 0 Å². The zero-order valence-corrected chi connectivity index (χ0v) is 17.6. The molecule has 0 aromatic carbocycles. The van der Waals surface area contributed by atoms with Crippen molar-refractivity contribution in [1.82, 2.24) is 0 Å². The first-order valence-corrected chi connectivity index (χ1v) is 9.85. The molecule has 0 radical (unpaired) electrons. The molecule has 118 valence electrons. The molecule has 11 heteroatoms. The summed E-state index contributed by atoms with van der Waals surface area (Å²) in [5.74, 6) is -0.805. The van der Waals surface area contributed by atoms with Crippen LogP contribution in [0.3, 0.4) is 0 Å². The molecular formula is C10HCl11. The van der Waals surface area contributed by atoms with E-state index >= 15 is 0 Å². The highest BCUT2D eigenvalue weighted by Crippen LogP contribution is 3.11. The van der Waals surface area contributed by atoms with Crippen molar-refractivity contribution >= 4 is 128 Å². The summed E-state index contributed by atoms with van der Waals surface area (Å²) in [5.41, 5.74) is 0. The van der Waals surface area contributed by atoms with E-state index < -0.39 is 48.7 Å². The van der Waals surface area contributed by atoms with Gasteiger partial charge in [0.15, 0.2) is 8.67 Å². The van der Waals surface area contributed by atoms with Gasteiger partial charge < -0.3 is 0 Å². The molecule has 6 aliphatic rings. The lowest BCUT2D eigenvalue weighted by Crippen LogP contribution is -2.98. The maximum Gasteiger partial charge on any atom is 0.162 e. The smallest absolute Gasteiger partial charge is 0.115 e. The molecule has 8 atom stereocenters. The van der Waals surface area contributed by atoms with E-state index in [1.165, 1.54) is 0 Å². The van der Waals surface area contributed by atoms with Crippen LogP contribution < -0.4 is 0 Å². The van der Waals surface area contributed by atoms with Crippen molar-refractivity contribution < 1.29 is 0 Å². The quantitative estimate of drug-likeness (QED) is 0.358. The molecule has 4 bridgehead atoms. The molecule has 6 rings (SSSR count). The Morgan fingerprint density at radius 2 is 0.714 bits per heavy atom. The van der Waals surface area contributed by atoms with Gasteiger partial charge in [-0.25, -0.2) is 0 Å². The molecule has 0 nitrogen and oxygen atoms in total. The molecule has 0 spiro atoms. The maximum atomic E-state index is 6.79. The summed E-state index contributed by atoms with van der Waals surface area (Å²) in [4.78, 5) is -11.0. The second-order valence-electron chi connectivity index (χ2n) is 6.35. The normalized spacial score (nSPS) is 79.9. The van der Waals surface area contributed by atoms with Gasteiger partial charge in [-0.05, 0) is 0 Å². The molecule has 21 heavy (non-hydrogen) atoms. The van der Waals surface area contributed by atoms with E-state index in [0.29, 0.717) is 0 Å². The molecule has 6 saturated carbocycles. The fraction of sp³-hybridized carbons (Fsp3) is 1.00. The lowest BCUT2D eigenvalue weighted by atomic mass is 9.42. The maximum absolute atomic E-state index is 6.79. The van der Waals surface area contributed by atoms with Crippen LogP contribution in [-0.4, -0.2) is 42.8 Å². The van der Waals surface area contributed by atoms with Gasteiger partial charge in [0, 0.05) is 5.92 Å². The van der Waals surface area contributed by atoms with E-state index in [-0.39, 0.29) is 0 Å². The standard InChI is InChI=1S/C10HCl11/c11-2-1-3(12)5(14)4(1,13)10(20,21)7(2,16)8(5,17)6(2,15)9(3,18)19/h1H/t1?,2?,3-,4+,5?,6-,7-,8?/m0/s1. The highest BCUT2D eigenvalue weighted by Gasteiger charge is 3.28. The summed E-state index contributed by atoms with van der Waals surface area (Å²) in [7, 11) is 0. The topological polar surface area (TPSA) is 0 Å². The molecule has 6 fully saturated rings. The van der Waals surface area contributed by atoms with E-state index in [1.54, 1.807) is 0 Å². The highest BCUT2D eigenvalue weighted by molar-refractivity contribution is 6.78. The van der Waals surface area contributed by atoms with Crippen molar-refractivity contribution in [3.8, 4) is 0 Å².